The predicted molar refractivity (Wildman–Crippen MR) is 114 cm³/mol. The van der Waals surface area contributed by atoms with Crippen LogP contribution in [0.1, 0.15) is 41.3 Å². The Labute approximate surface area is 175 Å². The summed E-state index contributed by atoms with van der Waals surface area (Å²) in [6.45, 7) is 1.93. The molecule has 1 unspecified atom stereocenters. The van der Waals surface area contributed by atoms with Gasteiger partial charge in [0.15, 0.2) is 0 Å². The molecular weight excluding hydrogens is 374 g/mol. The van der Waals surface area contributed by atoms with Gasteiger partial charge in [-0.05, 0) is 43.0 Å². The molecule has 0 fully saturated rings. The van der Waals surface area contributed by atoms with Gasteiger partial charge in [-0.15, -0.1) is 10.2 Å². The number of rotatable bonds is 4. The van der Waals surface area contributed by atoms with Crippen LogP contribution in [-0.2, 0) is 18.4 Å². The molecule has 5 rings (SSSR count). The maximum absolute atomic E-state index is 6.59. The van der Waals surface area contributed by atoms with Gasteiger partial charge in [-0.1, -0.05) is 66.7 Å². The van der Waals surface area contributed by atoms with E-state index in [-0.39, 0.29) is 5.92 Å². The van der Waals surface area contributed by atoms with Crippen LogP contribution < -0.4 is 10.5 Å². The average molecular weight is 397 g/mol. The number of benzene rings is 3. The van der Waals surface area contributed by atoms with Crippen LogP contribution in [0.25, 0.3) is 0 Å². The monoisotopic (exact) mass is 397 g/mol. The number of ether oxygens (including phenoxy) is 1. The zero-order valence-corrected chi connectivity index (χ0v) is 16.8. The van der Waals surface area contributed by atoms with E-state index in [2.05, 4.69) is 34.5 Å². The molecule has 4 aromatic rings. The minimum absolute atomic E-state index is 0.0985. The van der Waals surface area contributed by atoms with Crippen LogP contribution in [0, 0.1) is 0 Å². The lowest BCUT2D eigenvalue weighted by Gasteiger charge is -2.20. The van der Waals surface area contributed by atoms with Crippen LogP contribution in [0.15, 0.2) is 83.3 Å². The highest BCUT2D eigenvalue weighted by Gasteiger charge is 2.33. The number of aromatic nitrogens is 2. The number of nitrogens with two attached hydrogens (primary N) is 1. The van der Waals surface area contributed by atoms with E-state index in [1.165, 1.54) is 0 Å². The van der Waals surface area contributed by atoms with E-state index in [4.69, 9.17) is 14.9 Å². The summed E-state index contributed by atoms with van der Waals surface area (Å²) < 4.78 is 12.4. The minimum atomic E-state index is -0.759. The van der Waals surface area contributed by atoms with Crippen LogP contribution in [0.4, 0.5) is 0 Å². The summed E-state index contributed by atoms with van der Waals surface area (Å²) in [6, 6.07) is 26.2. The highest BCUT2D eigenvalue weighted by molar-refractivity contribution is 5.48. The molecule has 0 bridgehead atoms. The highest BCUT2D eigenvalue weighted by Crippen LogP contribution is 2.42. The third-order valence-electron chi connectivity index (χ3n) is 5.55. The molecule has 1 aliphatic rings. The molecule has 0 amide bonds. The van der Waals surface area contributed by atoms with Gasteiger partial charge in [0, 0.05) is 5.56 Å². The molecular formula is C25H23N3O2. The molecule has 1 aliphatic heterocycles. The minimum Gasteiger partial charge on any atom is -0.457 e. The normalized spacial score (nSPS) is 17.2. The van der Waals surface area contributed by atoms with Crippen molar-refractivity contribution in [2.75, 3.05) is 0 Å². The van der Waals surface area contributed by atoms with E-state index in [1.807, 2.05) is 61.5 Å². The topological polar surface area (TPSA) is 74.2 Å². The smallest absolute Gasteiger partial charge is 0.236 e. The molecule has 0 saturated heterocycles. The molecule has 0 spiro atoms. The van der Waals surface area contributed by atoms with Gasteiger partial charge < -0.3 is 14.9 Å². The SMILES string of the molecule is C[C@@](N)(Cc1ccccc1)c1nnc(C2Cc3ccccc3Oc3ccccc32)o1. The van der Waals surface area contributed by atoms with Crippen molar-refractivity contribution in [3.63, 3.8) is 0 Å². The van der Waals surface area contributed by atoms with Gasteiger partial charge in [-0.25, -0.2) is 0 Å². The second kappa shape index (κ2) is 7.43. The zero-order valence-electron chi connectivity index (χ0n) is 16.8. The van der Waals surface area contributed by atoms with Crippen LogP contribution in [-0.4, -0.2) is 10.2 Å². The van der Waals surface area contributed by atoms with Crippen molar-refractivity contribution in [2.45, 2.75) is 31.2 Å². The van der Waals surface area contributed by atoms with Crippen LogP contribution >= 0.6 is 0 Å². The van der Waals surface area contributed by atoms with Crippen molar-refractivity contribution in [3.05, 3.63) is 107 Å². The Morgan fingerprint density at radius 3 is 2.43 bits per heavy atom. The first kappa shape index (κ1) is 18.6. The van der Waals surface area contributed by atoms with Crippen LogP contribution in [0.5, 0.6) is 11.5 Å². The summed E-state index contributed by atoms with van der Waals surface area (Å²) in [7, 11) is 0. The van der Waals surface area contributed by atoms with E-state index < -0.39 is 5.54 Å². The number of hydrogen-bond acceptors (Lipinski definition) is 5. The quantitative estimate of drug-likeness (QED) is 0.526. The van der Waals surface area contributed by atoms with Gasteiger partial charge >= 0.3 is 0 Å². The zero-order chi connectivity index (χ0) is 20.6. The Bertz CT molecular complexity index is 1170. The summed E-state index contributed by atoms with van der Waals surface area (Å²) in [5.41, 5.74) is 9.11. The van der Waals surface area contributed by atoms with Crippen molar-refractivity contribution in [1.29, 1.82) is 0 Å². The molecule has 150 valence electrons. The standard InChI is InChI=1S/C25H23N3O2/c1-25(26,16-17-9-3-2-4-10-17)24-28-27-23(30-24)20-15-18-11-5-7-13-21(18)29-22-14-8-6-12-19(20)22/h2-14,20H,15-16,26H2,1H3/t20?,25-/m1/s1. The van der Waals surface area contributed by atoms with Crippen molar-refractivity contribution in [1.82, 2.24) is 10.2 Å². The number of fused-ring (bicyclic) bond motifs is 2. The fraction of sp³-hybridized carbons (Fsp3) is 0.200. The highest BCUT2D eigenvalue weighted by atomic mass is 16.5. The van der Waals surface area contributed by atoms with Crippen LogP contribution in [0.3, 0.4) is 0 Å². The lowest BCUT2D eigenvalue weighted by Crippen LogP contribution is -2.35. The van der Waals surface area contributed by atoms with Crippen molar-refractivity contribution >= 4 is 0 Å². The molecule has 1 aromatic heterocycles. The van der Waals surface area contributed by atoms with Gasteiger partial charge in [0.05, 0.1) is 11.5 Å². The van der Waals surface area contributed by atoms with Crippen molar-refractivity contribution in [2.24, 2.45) is 5.73 Å². The maximum atomic E-state index is 6.59. The van der Waals surface area contributed by atoms with E-state index in [0.29, 0.717) is 18.2 Å². The summed E-state index contributed by atoms with van der Waals surface area (Å²) in [5.74, 6) is 2.57. The first-order chi connectivity index (χ1) is 14.6. The van der Waals surface area contributed by atoms with E-state index in [1.54, 1.807) is 0 Å². The third-order valence-corrected chi connectivity index (χ3v) is 5.55. The summed E-state index contributed by atoms with van der Waals surface area (Å²) >= 11 is 0. The molecule has 3 aromatic carbocycles. The second-order valence-corrected chi connectivity index (χ2v) is 8.03. The van der Waals surface area contributed by atoms with Crippen molar-refractivity contribution < 1.29 is 9.15 Å². The van der Waals surface area contributed by atoms with Gasteiger partial charge in [-0.2, -0.15) is 0 Å². The molecule has 0 radical (unpaired) electrons. The number of para-hydroxylation sites is 2. The predicted octanol–water partition coefficient (Wildman–Crippen LogP) is 4.97. The van der Waals surface area contributed by atoms with Crippen molar-refractivity contribution in [3.8, 4) is 11.5 Å². The molecule has 2 atom stereocenters. The molecule has 5 nitrogen and oxygen atoms in total. The molecule has 5 heteroatoms. The maximum Gasteiger partial charge on any atom is 0.236 e. The van der Waals surface area contributed by atoms with E-state index in [0.717, 1.165) is 34.6 Å². The Morgan fingerprint density at radius 2 is 1.60 bits per heavy atom. The number of hydrogen-bond donors (Lipinski definition) is 1. The average Bonchev–Trinajstić information content (AvgIpc) is 3.19. The second-order valence-electron chi connectivity index (χ2n) is 8.03. The molecule has 2 heterocycles. The molecule has 30 heavy (non-hydrogen) atoms. The van der Waals surface area contributed by atoms with E-state index >= 15 is 0 Å². The Morgan fingerprint density at radius 1 is 0.900 bits per heavy atom. The molecule has 0 saturated carbocycles. The van der Waals surface area contributed by atoms with E-state index in [9.17, 15) is 0 Å². The lowest BCUT2D eigenvalue weighted by atomic mass is 9.92. The summed E-state index contributed by atoms with van der Waals surface area (Å²) in [6.07, 6.45) is 1.33. The Hall–Kier alpha value is -3.44. The molecule has 2 N–H and O–H groups in total. The Balaban J connectivity index is 1.51. The fourth-order valence-corrected chi connectivity index (χ4v) is 4.00. The lowest BCUT2D eigenvalue weighted by molar-refractivity contribution is 0.330. The fourth-order valence-electron chi connectivity index (χ4n) is 4.00. The first-order valence-corrected chi connectivity index (χ1v) is 10.1. The largest absolute Gasteiger partial charge is 0.457 e. The van der Waals surface area contributed by atoms with Gasteiger partial charge in [0.1, 0.15) is 11.5 Å². The van der Waals surface area contributed by atoms with Gasteiger partial charge in [0.2, 0.25) is 11.8 Å². The number of nitrogens with zero attached hydrogens (tertiary/aromatic N) is 2. The summed E-state index contributed by atoms with van der Waals surface area (Å²) in [5, 5.41) is 8.75. The Kier molecular flexibility index (Phi) is 4.60. The molecule has 0 aliphatic carbocycles. The first-order valence-electron chi connectivity index (χ1n) is 10.1. The van der Waals surface area contributed by atoms with Crippen LogP contribution in [0.2, 0.25) is 0 Å². The summed E-state index contributed by atoms with van der Waals surface area (Å²) in [4.78, 5) is 0. The van der Waals surface area contributed by atoms with Gasteiger partial charge in [0.25, 0.3) is 0 Å². The third kappa shape index (κ3) is 3.48. The van der Waals surface area contributed by atoms with Gasteiger partial charge in [-0.3, -0.25) is 0 Å².